The molecule has 1 unspecified atom stereocenters. The molecule has 0 saturated heterocycles. The average Bonchev–Trinajstić information content (AvgIpc) is 2.63. The largest absolute Gasteiger partial charge is 0.0925 e. The second kappa shape index (κ2) is 3.75. The second-order valence-corrected chi connectivity index (χ2v) is 4.53. The molecular formula is C9H17Br. The molecule has 1 fully saturated rings. The fourth-order valence-corrected chi connectivity index (χ4v) is 2.35. The molecule has 0 amide bonds. The average molecular weight is 205 g/mol. The van der Waals surface area contributed by atoms with Crippen LogP contribution in [0.15, 0.2) is 0 Å². The van der Waals surface area contributed by atoms with E-state index in [1.807, 2.05) is 0 Å². The van der Waals surface area contributed by atoms with Gasteiger partial charge in [-0.1, -0.05) is 29.8 Å². The minimum absolute atomic E-state index is 0.878. The van der Waals surface area contributed by atoms with Gasteiger partial charge in [0, 0.05) is 5.33 Å². The van der Waals surface area contributed by atoms with Gasteiger partial charge in [0.1, 0.15) is 0 Å². The molecular weight excluding hydrogens is 188 g/mol. The maximum Gasteiger partial charge on any atom is 0.00624 e. The van der Waals surface area contributed by atoms with Crippen LogP contribution < -0.4 is 0 Å². The first-order valence-corrected chi connectivity index (χ1v) is 5.42. The fraction of sp³-hybridized carbons (Fsp3) is 1.00. The van der Waals surface area contributed by atoms with Crippen molar-refractivity contribution in [1.29, 1.82) is 0 Å². The van der Waals surface area contributed by atoms with Crippen molar-refractivity contribution in [2.45, 2.75) is 33.1 Å². The molecule has 60 valence electrons. The summed E-state index contributed by atoms with van der Waals surface area (Å²) in [5.74, 6) is 2.92. The van der Waals surface area contributed by atoms with Gasteiger partial charge in [0.05, 0.1) is 0 Å². The monoisotopic (exact) mass is 204 g/mol. The van der Waals surface area contributed by atoms with Gasteiger partial charge in [-0.2, -0.15) is 0 Å². The maximum atomic E-state index is 3.58. The Hall–Kier alpha value is 0.480. The van der Waals surface area contributed by atoms with Crippen molar-refractivity contribution in [3.05, 3.63) is 0 Å². The molecule has 1 aliphatic rings. The van der Waals surface area contributed by atoms with Gasteiger partial charge in [0.25, 0.3) is 0 Å². The van der Waals surface area contributed by atoms with Crippen LogP contribution in [-0.2, 0) is 0 Å². The van der Waals surface area contributed by atoms with Crippen LogP contribution in [0.5, 0.6) is 0 Å². The number of hydrogen-bond acceptors (Lipinski definition) is 0. The summed E-state index contributed by atoms with van der Waals surface area (Å²) >= 11 is 3.58. The Morgan fingerprint density at radius 1 is 1.40 bits per heavy atom. The summed E-state index contributed by atoms with van der Waals surface area (Å²) in [6.07, 6.45) is 4.39. The zero-order chi connectivity index (χ0) is 7.56. The lowest BCUT2D eigenvalue weighted by atomic mass is 9.95. The SMILES string of the molecule is CC(C)CC(CBr)C1CC1. The van der Waals surface area contributed by atoms with E-state index in [1.165, 1.54) is 24.6 Å². The minimum atomic E-state index is 0.878. The Bertz CT molecular complexity index is 94.9. The smallest absolute Gasteiger partial charge is 0.00624 e. The Labute approximate surface area is 72.5 Å². The van der Waals surface area contributed by atoms with Crippen molar-refractivity contribution >= 4 is 15.9 Å². The molecule has 1 rings (SSSR count). The molecule has 0 aromatic rings. The highest BCUT2D eigenvalue weighted by Gasteiger charge is 2.30. The van der Waals surface area contributed by atoms with Crippen LogP contribution in [0.3, 0.4) is 0 Å². The highest BCUT2D eigenvalue weighted by molar-refractivity contribution is 9.09. The van der Waals surface area contributed by atoms with Crippen molar-refractivity contribution in [1.82, 2.24) is 0 Å². The molecule has 0 N–H and O–H groups in total. The summed E-state index contributed by atoms with van der Waals surface area (Å²) in [7, 11) is 0. The highest BCUT2D eigenvalue weighted by Crippen LogP contribution is 2.40. The summed E-state index contributed by atoms with van der Waals surface area (Å²) in [6, 6.07) is 0. The van der Waals surface area contributed by atoms with Gasteiger partial charge in [-0.25, -0.2) is 0 Å². The topological polar surface area (TPSA) is 0 Å². The molecule has 10 heavy (non-hydrogen) atoms. The van der Waals surface area contributed by atoms with Gasteiger partial charge < -0.3 is 0 Å². The maximum absolute atomic E-state index is 3.58. The second-order valence-electron chi connectivity index (χ2n) is 3.88. The number of rotatable bonds is 4. The summed E-state index contributed by atoms with van der Waals surface area (Å²) in [5, 5.41) is 1.22. The molecule has 0 radical (unpaired) electrons. The van der Waals surface area contributed by atoms with Gasteiger partial charge in [0.15, 0.2) is 0 Å². The first-order chi connectivity index (χ1) is 4.74. The molecule has 1 heteroatoms. The first kappa shape index (κ1) is 8.58. The van der Waals surface area contributed by atoms with Crippen molar-refractivity contribution in [3.63, 3.8) is 0 Å². The van der Waals surface area contributed by atoms with E-state index in [-0.39, 0.29) is 0 Å². The molecule has 0 nitrogen and oxygen atoms in total. The lowest BCUT2D eigenvalue weighted by Crippen LogP contribution is -2.07. The van der Waals surface area contributed by atoms with E-state index in [4.69, 9.17) is 0 Å². The zero-order valence-corrected chi connectivity index (χ0v) is 8.52. The van der Waals surface area contributed by atoms with E-state index in [0.717, 1.165) is 17.8 Å². The predicted octanol–water partition coefficient (Wildman–Crippen LogP) is 3.45. The quantitative estimate of drug-likeness (QED) is 0.616. The Morgan fingerprint density at radius 3 is 2.30 bits per heavy atom. The van der Waals surface area contributed by atoms with Gasteiger partial charge >= 0.3 is 0 Å². The van der Waals surface area contributed by atoms with E-state index in [9.17, 15) is 0 Å². The molecule has 0 heterocycles. The highest BCUT2D eigenvalue weighted by atomic mass is 79.9. The lowest BCUT2D eigenvalue weighted by molar-refractivity contribution is 0.406. The third-order valence-corrected chi connectivity index (χ3v) is 3.09. The van der Waals surface area contributed by atoms with E-state index in [0.29, 0.717) is 0 Å². The van der Waals surface area contributed by atoms with Crippen molar-refractivity contribution in [3.8, 4) is 0 Å². The minimum Gasteiger partial charge on any atom is -0.0925 e. The molecule has 0 bridgehead atoms. The summed E-state index contributed by atoms with van der Waals surface area (Å²) in [4.78, 5) is 0. The lowest BCUT2D eigenvalue weighted by Gasteiger charge is -2.14. The molecule has 1 saturated carbocycles. The van der Waals surface area contributed by atoms with E-state index >= 15 is 0 Å². The van der Waals surface area contributed by atoms with Gasteiger partial charge in [-0.15, -0.1) is 0 Å². The van der Waals surface area contributed by atoms with Crippen molar-refractivity contribution in [2.24, 2.45) is 17.8 Å². The standard InChI is InChI=1S/C9H17Br/c1-7(2)5-9(6-10)8-3-4-8/h7-9H,3-6H2,1-2H3. The molecule has 1 aliphatic carbocycles. The van der Waals surface area contributed by atoms with E-state index < -0.39 is 0 Å². The van der Waals surface area contributed by atoms with Crippen LogP contribution >= 0.6 is 15.9 Å². The Balaban J connectivity index is 2.19. The predicted molar refractivity (Wildman–Crippen MR) is 49.5 cm³/mol. The molecule has 0 aromatic carbocycles. The van der Waals surface area contributed by atoms with Crippen molar-refractivity contribution < 1.29 is 0 Å². The summed E-state index contributed by atoms with van der Waals surface area (Å²) in [5.41, 5.74) is 0. The first-order valence-electron chi connectivity index (χ1n) is 4.30. The summed E-state index contributed by atoms with van der Waals surface area (Å²) in [6.45, 7) is 4.64. The molecule has 0 aliphatic heterocycles. The van der Waals surface area contributed by atoms with Crippen LogP contribution in [-0.4, -0.2) is 5.33 Å². The van der Waals surface area contributed by atoms with Crippen LogP contribution in [0.25, 0.3) is 0 Å². The van der Waals surface area contributed by atoms with Crippen molar-refractivity contribution in [2.75, 3.05) is 5.33 Å². The molecule has 0 aromatic heterocycles. The molecule has 0 spiro atoms. The van der Waals surface area contributed by atoms with Crippen LogP contribution in [0, 0.1) is 17.8 Å². The third kappa shape index (κ3) is 2.61. The third-order valence-electron chi connectivity index (χ3n) is 2.26. The normalized spacial score (nSPS) is 21.6. The van der Waals surface area contributed by atoms with Gasteiger partial charge in [-0.05, 0) is 37.0 Å². The summed E-state index contributed by atoms with van der Waals surface area (Å²) < 4.78 is 0. The van der Waals surface area contributed by atoms with Gasteiger partial charge in [0.2, 0.25) is 0 Å². The van der Waals surface area contributed by atoms with E-state index in [1.54, 1.807) is 0 Å². The van der Waals surface area contributed by atoms with E-state index in [2.05, 4.69) is 29.8 Å². The number of alkyl halides is 1. The Kier molecular flexibility index (Phi) is 3.22. The van der Waals surface area contributed by atoms with Crippen LogP contribution in [0.2, 0.25) is 0 Å². The van der Waals surface area contributed by atoms with Crippen LogP contribution in [0.1, 0.15) is 33.1 Å². The fourth-order valence-electron chi connectivity index (χ4n) is 1.55. The Morgan fingerprint density at radius 2 is 2.00 bits per heavy atom. The van der Waals surface area contributed by atoms with Crippen LogP contribution in [0.4, 0.5) is 0 Å². The number of halogens is 1. The number of hydrogen-bond donors (Lipinski definition) is 0. The molecule has 1 atom stereocenters. The zero-order valence-electron chi connectivity index (χ0n) is 6.94. The van der Waals surface area contributed by atoms with Gasteiger partial charge in [-0.3, -0.25) is 0 Å².